The third kappa shape index (κ3) is 8.69. The van der Waals surface area contributed by atoms with Gasteiger partial charge in [-0.25, -0.2) is 4.99 Å². The van der Waals surface area contributed by atoms with Crippen molar-refractivity contribution in [2.45, 2.75) is 39.0 Å². The molecule has 0 saturated carbocycles. The fourth-order valence-electron chi connectivity index (χ4n) is 3.86. The molecule has 0 bridgehead atoms. The highest BCUT2D eigenvalue weighted by molar-refractivity contribution is 14.0. The molecule has 0 radical (unpaired) electrons. The number of halogens is 1. The van der Waals surface area contributed by atoms with Crippen molar-refractivity contribution in [2.75, 3.05) is 39.4 Å². The van der Waals surface area contributed by atoms with Gasteiger partial charge in [0.15, 0.2) is 5.96 Å². The van der Waals surface area contributed by atoms with Crippen molar-refractivity contribution in [2.24, 2.45) is 4.99 Å². The van der Waals surface area contributed by atoms with E-state index in [-0.39, 0.29) is 36.5 Å². The van der Waals surface area contributed by atoms with Gasteiger partial charge in [-0.05, 0) is 30.5 Å². The summed E-state index contributed by atoms with van der Waals surface area (Å²) in [5.41, 5.74) is 3.63. The van der Waals surface area contributed by atoms with Crippen molar-refractivity contribution >= 4 is 29.9 Å². The standard InChI is InChI=1S/C25H36N4O2.HI/c1-3-26-25(28-16-24(19-30)23-10-5-4-6-11-23)27-15-21-8-7-9-22(14-21)18-29-12-13-31-20(2)17-29;/h4-11,14,20,24,30H,3,12-13,15-19H2,1-2H3,(H2,26,27,28);1H. The van der Waals surface area contributed by atoms with Gasteiger partial charge in [-0.15, -0.1) is 24.0 Å². The highest BCUT2D eigenvalue weighted by atomic mass is 127. The smallest absolute Gasteiger partial charge is 0.191 e. The Morgan fingerprint density at radius 3 is 2.66 bits per heavy atom. The summed E-state index contributed by atoms with van der Waals surface area (Å²) in [6, 6.07) is 18.8. The Labute approximate surface area is 209 Å². The third-order valence-corrected chi connectivity index (χ3v) is 5.49. The molecule has 1 fully saturated rings. The van der Waals surface area contributed by atoms with Crippen LogP contribution < -0.4 is 10.6 Å². The van der Waals surface area contributed by atoms with E-state index in [9.17, 15) is 5.11 Å². The Bertz CT molecular complexity index is 819. The summed E-state index contributed by atoms with van der Waals surface area (Å²) in [7, 11) is 0. The summed E-state index contributed by atoms with van der Waals surface area (Å²) >= 11 is 0. The lowest BCUT2D eigenvalue weighted by atomic mass is 10.0. The maximum atomic E-state index is 9.80. The molecule has 2 aromatic rings. The van der Waals surface area contributed by atoms with E-state index in [2.05, 4.69) is 53.6 Å². The van der Waals surface area contributed by atoms with Gasteiger partial charge in [-0.2, -0.15) is 0 Å². The molecular formula is C25H37IN4O2. The van der Waals surface area contributed by atoms with Crippen LogP contribution >= 0.6 is 24.0 Å². The fraction of sp³-hybridized carbons (Fsp3) is 0.480. The first-order chi connectivity index (χ1) is 15.2. The number of rotatable bonds is 9. The number of ether oxygens (including phenoxy) is 1. The van der Waals surface area contributed by atoms with Gasteiger partial charge >= 0.3 is 0 Å². The first kappa shape index (κ1) is 26.6. The zero-order chi connectivity index (χ0) is 21.9. The molecule has 1 heterocycles. The highest BCUT2D eigenvalue weighted by Crippen LogP contribution is 2.14. The van der Waals surface area contributed by atoms with E-state index in [0.717, 1.165) is 44.3 Å². The SMILES string of the molecule is CCNC(=NCc1cccc(CN2CCOC(C)C2)c1)NCC(CO)c1ccccc1.I. The maximum Gasteiger partial charge on any atom is 0.191 e. The number of benzene rings is 2. The Morgan fingerprint density at radius 1 is 1.16 bits per heavy atom. The van der Waals surface area contributed by atoms with Gasteiger partial charge in [-0.3, -0.25) is 4.90 Å². The number of nitrogens with one attached hydrogen (secondary N) is 2. The van der Waals surface area contributed by atoms with Crippen LogP contribution in [0, 0.1) is 0 Å². The molecule has 1 aliphatic heterocycles. The van der Waals surface area contributed by atoms with Crippen molar-refractivity contribution in [3.63, 3.8) is 0 Å². The van der Waals surface area contributed by atoms with E-state index in [0.29, 0.717) is 19.2 Å². The zero-order valence-corrected chi connectivity index (χ0v) is 21.5. The largest absolute Gasteiger partial charge is 0.396 e. The molecule has 2 aromatic carbocycles. The van der Waals surface area contributed by atoms with E-state index >= 15 is 0 Å². The molecule has 2 atom stereocenters. The van der Waals surface area contributed by atoms with E-state index in [1.54, 1.807) is 0 Å². The number of hydrogen-bond donors (Lipinski definition) is 3. The maximum absolute atomic E-state index is 9.80. The number of aliphatic imine (C=N–C) groups is 1. The lowest BCUT2D eigenvalue weighted by Crippen LogP contribution is -2.40. The minimum Gasteiger partial charge on any atom is -0.396 e. The van der Waals surface area contributed by atoms with Gasteiger partial charge in [0.05, 0.1) is 25.9 Å². The van der Waals surface area contributed by atoms with Gasteiger partial charge < -0.3 is 20.5 Å². The van der Waals surface area contributed by atoms with Gasteiger partial charge in [0.25, 0.3) is 0 Å². The molecule has 32 heavy (non-hydrogen) atoms. The number of hydrogen-bond acceptors (Lipinski definition) is 4. The van der Waals surface area contributed by atoms with Crippen LogP contribution in [0.15, 0.2) is 59.6 Å². The van der Waals surface area contributed by atoms with Crippen LogP contribution in [0.5, 0.6) is 0 Å². The summed E-state index contributed by atoms with van der Waals surface area (Å²) in [4.78, 5) is 7.21. The van der Waals surface area contributed by atoms with E-state index < -0.39 is 0 Å². The lowest BCUT2D eigenvalue weighted by molar-refractivity contribution is -0.0212. The molecule has 1 aliphatic rings. The van der Waals surface area contributed by atoms with Crippen molar-refractivity contribution in [1.29, 1.82) is 0 Å². The average molecular weight is 553 g/mol. The van der Waals surface area contributed by atoms with Crippen LogP contribution in [0.25, 0.3) is 0 Å². The van der Waals surface area contributed by atoms with Crippen molar-refractivity contribution in [3.05, 3.63) is 71.3 Å². The Balaban J connectivity index is 0.00000363. The number of morpholine rings is 1. The van der Waals surface area contributed by atoms with Gasteiger partial charge in [0.2, 0.25) is 0 Å². The second kappa shape index (κ2) is 14.5. The monoisotopic (exact) mass is 552 g/mol. The highest BCUT2D eigenvalue weighted by Gasteiger charge is 2.16. The van der Waals surface area contributed by atoms with E-state index in [1.165, 1.54) is 11.1 Å². The molecule has 3 rings (SSSR count). The minimum absolute atomic E-state index is 0. The lowest BCUT2D eigenvalue weighted by Gasteiger charge is -2.31. The van der Waals surface area contributed by atoms with Crippen LogP contribution in [-0.4, -0.2) is 61.5 Å². The van der Waals surface area contributed by atoms with Gasteiger partial charge in [0, 0.05) is 38.6 Å². The topological polar surface area (TPSA) is 69.1 Å². The number of guanidine groups is 1. The minimum atomic E-state index is 0. The van der Waals surface area contributed by atoms with Crippen LogP contribution in [-0.2, 0) is 17.8 Å². The Hall–Kier alpha value is -1.68. The van der Waals surface area contributed by atoms with Crippen LogP contribution in [0.3, 0.4) is 0 Å². The number of aliphatic hydroxyl groups excluding tert-OH is 1. The average Bonchev–Trinajstić information content (AvgIpc) is 2.79. The summed E-state index contributed by atoms with van der Waals surface area (Å²) in [6.07, 6.45) is 0.300. The molecule has 0 aliphatic carbocycles. The quantitative estimate of drug-likeness (QED) is 0.253. The molecule has 176 valence electrons. The van der Waals surface area contributed by atoms with Crippen molar-refractivity contribution in [1.82, 2.24) is 15.5 Å². The molecular weight excluding hydrogens is 515 g/mol. The second-order valence-corrected chi connectivity index (χ2v) is 8.10. The summed E-state index contributed by atoms with van der Waals surface area (Å²) < 4.78 is 5.64. The summed E-state index contributed by atoms with van der Waals surface area (Å²) in [5, 5.41) is 16.5. The fourth-order valence-corrected chi connectivity index (χ4v) is 3.86. The van der Waals surface area contributed by atoms with Crippen LogP contribution in [0.1, 0.15) is 36.5 Å². The molecule has 0 aromatic heterocycles. The molecule has 0 amide bonds. The molecule has 1 saturated heterocycles. The number of aliphatic hydroxyl groups is 1. The third-order valence-electron chi connectivity index (χ3n) is 5.49. The Kier molecular flexibility index (Phi) is 12.0. The molecule has 7 heteroatoms. The van der Waals surface area contributed by atoms with E-state index in [4.69, 9.17) is 9.73 Å². The van der Waals surface area contributed by atoms with Crippen LogP contribution in [0.4, 0.5) is 0 Å². The molecule has 0 spiro atoms. The first-order valence-corrected chi connectivity index (χ1v) is 11.3. The normalized spacial score (nSPS) is 18.0. The van der Waals surface area contributed by atoms with Crippen molar-refractivity contribution < 1.29 is 9.84 Å². The first-order valence-electron chi connectivity index (χ1n) is 11.3. The molecule has 3 N–H and O–H groups in total. The number of nitrogens with zero attached hydrogens (tertiary/aromatic N) is 2. The molecule has 6 nitrogen and oxygen atoms in total. The van der Waals surface area contributed by atoms with Gasteiger partial charge in [-0.1, -0.05) is 54.6 Å². The predicted molar refractivity (Wildman–Crippen MR) is 142 cm³/mol. The predicted octanol–water partition coefficient (Wildman–Crippen LogP) is 3.36. The van der Waals surface area contributed by atoms with Crippen LogP contribution in [0.2, 0.25) is 0 Å². The zero-order valence-electron chi connectivity index (χ0n) is 19.2. The summed E-state index contributed by atoms with van der Waals surface area (Å²) in [5.74, 6) is 0.800. The Morgan fingerprint density at radius 2 is 1.94 bits per heavy atom. The second-order valence-electron chi connectivity index (χ2n) is 8.10. The summed E-state index contributed by atoms with van der Waals surface area (Å²) in [6.45, 7) is 10.0. The van der Waals surface area contributed by atoms with Gasteiger partial charge in [0.1, 0.15) is 0 Å². The molecule has 2 unspecified atom stereocenters. The van der Waals surface area contributed by atoms with Crippen molar-refractivity contribution in [3.8, 4) is 0 Å². The van der Waals surface area contributed by atoms with E-state index in [1.807, 2.05) is 30.3 Å².